The van der Waals surface area contributed by atoms with Gasteiger partial charge in [0, 0.05) is 36.9 Å². The second-order valence-corrected chi connectivity index (χ2v) is 8.67. The molecular formula is C23H27ClN6. The van der Waals surface area contributed by atoms with E-state index in [9.17, 15) is 0 Å². The topological polar surface area (TPSA) is 50.1 Å². The Balaban J connectivity index is 1.43. The highest BCUT2D eigenvalue weighted by molar-refractivity contribution is 6.30. The quantitative estimate of drug-likeness (QED) is 0.611. The van der Waals surface area contributed by atoms with E-state index in [-0.39, 0.29) is 6.04 Å². The molecule has 0 amide bonds. The monoisotopic (exact) mass is 422 g/mol. The molecule has 0 radical (unpaired) electrons. The second kappa shape index (κ2) is 8.74. The molecule has 1 saturated carbocycles. The fourth-order valence-electron chi connectivity index (χ4n) is 4.83. The van der Waals surface area contributed by atoms with Gasteiger partial charge in [0.15, 0.2) is 5.82 Å². The smallest absolute Gasteiger partial charge is 0.173 e. The van der Waals surface area contributed by atoms with Gasteiger partial charge in [0.25, 0.3) is 0 Å². The van der Waals surface area contributed by atoms with E-state index in [1.807, 2.05) is 12.1 Å². The third kappa shape index (κ3) is 3.94. The molecule has 0 N–H and O–H groups in total. The molecule has 1 saturated heterocycles. The van der Waals surface area contributed by atoms with Crippen molar-refractivity contribution < 1.29 is 0 Å². The van der Waals surface area contributed by atoms with E-state index >= 15 is 0 Å². The normalized spacial score (nSPS) is 19.3. The Hall–Kier alpha value is -2.44. The summed E-state index contributed by atoms with van der Waals surface area (Å²) in [5, 5.41) is 13.8. The number of benzene rings is 2. The Morgan fingerprint density at radius 2 is 1.57 bits per heavy atom. The van der Waals surface area contributed by atoms with Crippen LogP contribution in [-0.2, 0) is 0 Å². The van der Waals surface area contributed by atoms with Crippen LogP contribution in [0.4, 0.5) is 5.69 Å². The first-order valence-electron chi connectivity index (χ1n) is 10.9. The Bertz CT molecular complexity index is 943. The third-order valence-electron chi connectivity index (χ3n) is 6.42. The Morgan fingerprint density at radius 1 is 0.867 bits per heavy atom. The summed E-state index contributed by atoms with van der Waals surface area (Å²) in [7, 11) is 0. The minimum absolute atomic E-state index is 0.0378. The van der Waals surface area contributed by atoms with E-state index in [1.54, 1.807) is 0 Å². The molecule has 3 aromatic rings. The van der Waals surface area contributed by atoms with E-state index in [4.69, 9.17) is 11.6 Å². The predicted molar refractivity (Wildman–Crippen MR) is 119 cm³/mol. The van der Waals surface area contributed by atoms with Gasteiger partial charge in [0.05, 0.1) is 12.1 Å². The molecule has 2 heterocycles. The van der Waals surface area contributed by atoms with Crippen molar-refractivity contribution in [2.45, 2.75) is 37.8 Å². The maximum absolute atomic E-state index is 6.18. The summed E-state index contributed by atoms with van der Waals surface area (Å²) in [5.41, 5.74) is 2.48. The number of hydrogen-bond donors (Lipinski definition) is 0. The standard InChI is InChI=1S/C23H27ClN6/c24-19-12-10-18(11-13-19)22(23-25-26-27-30(23)21-8-4-5-9-21)29-16-14-28(15-17-29)20-6-2-1-3-7-20/h1-3,6-7,10-13,21-22H,4-5,8-9,14-17H2/t22-/m1/s1. The summed E-state index contributed by atoms with van der Waals surface area (Å²) in [4.78, 5) is 4.97. The lowest BCUT2D eigenvalue weighted by molar-refractivity contribution is 0.198. The van der Waals surface area contributed by atoms with Crippen LogP contribution in [0.15, 0.2) is 54.6 Å². The van der Waals surface area contributed by atoms with Gasteiger partial charge in [-0.1, -0.05) is 54.8 Å². The third-order valence-corrected chi connectivity index (χ3v) is 6.67. The molecule has 1 aliphatic heterocycles. The zero-order chi connectivity index (χ0) is 20.3. The van der Waals surface area contributed by atoms with Crippen molar-refractivity contribution in [2.24, 2.45) is 0 Å². The first-order valence-corrected chi connectivity index (χ1v) is 11.2. The van der Waals surface area contributed by atoms with E-state index in [2.05, 4.69) is 72.5 Å². The van der Waals surface area contributed by atoms with Crippen molar-refractivity contribution >= 4 is 17.3 Å². The van der Waals surface area contributed by atoms with E-state index in [0.29, 0.717) is 6.04 Å². The van der Waals surface area contributed by atoms with Gasteiger partial charge in [-0.25, -0.2) is 4.68 Å². The summed E-state index contributed by atoms with van der Waals surface area (Å²) >= 11 is 6.18. The highest BCUT2D eigenvalue weighted by atomic mass is 35.5. The zero-order valence-electron chi connectivity index (χ0n) is 17.1. The molecule has 1 aromatic heterocycles. The summed E-state index contributed by atoms with van der Waals surface area (Å²) < 4.78 is 2.09. The van der Waals surface area contributed by atoms with Gasteiger partial charge in [-0.3, -0.25) is 4.90 Å². The molecule has 0 unspecified atom stereocenters. The Kier molecular flexibility index (Phi) is 5.69. The number of halogens is 1. The molecule has 2 fully saturated rings. The highest BCUT2D eigenvalue weighted by Crippen LogP contribution is 2.35. The van der Waals surface area contributed by atoms with Gasteiger partial charge in [-0.15, -0.1) is 5.10 Å². The summed E-state index contributed by atoms with van der Waals surface area (Å²) in [6.07, 6.45) is 4.83. The van der Waals surface area contributed by atoms with Crippen LogP contribution in [0.1, 0.15) is 49.2 Å². The van der Waals surface area contributed by atoms with Crippen molar-refractivity contribution in [1.82, 2.24) is 25.1 Å². The van der Waals surface area contributed by atoms with E-state index < -0.39 is 0 Å². The van der Waals surface area contributed by atoms with Gasteiger partial charge in [0.2, 0.25) is 0 Å². The van der Waals surface area contributed by atoms with Gasteiger partial charge in [0.1, 0.15) is 0 Å². The van der Waals surface area contributed by atoms with Crippen molar-refractivity contribution in [3.05, 3.63) is 71.0 Å². The lowest BCUT2D eigenvalue weighted by Crippen LogP contribution is -2.48. The van der Waals surface area contributed by atoms with Crippen molar-refractivity contribution in [3.63, 3.8) is 0 Å². The summed E-state index contributed by atoms with van der Waals surface area (Å²) in [6.45, 7) is 3.89. The van der Waals surface area contributed by atoms with Gasteiger partial charge >= 0.3 is 0 Å². The first kappa shape index (κ1) is 19.5. The number of hydrogen-bond acceptors (Lipinski definition) is 5. The van der Waals surface area contributed by atoms with Gasteiger partial charge in [-0.05, 0) is 53.1 Å². The number of piperazine rings is 1. The van der Waals surface area contributed by atoms with E-state index in [1.165, 1.54) is 24.1 Å². The minimum Gasteiger partial charge on any atom is -0.369 e. The molecule has 0 bridgehead atoms. The van der Waals surface area contributed by atoms with Crippen LogP contribution in [-0.4, -0.2) is 51.3 Å². The lowest BCUT2D eigenvalue weighted by Gasteiger charge is -2.40. The van der Waals surface area contributed by atoms with Crippen LogP contribution in [0.2, 0.25) is 5.02 Å². The number of para-hydroxylation sites is 1. The molecule has 30 heavy (non-hydrogen) atoms. The number of rotatable bonds is 5. The fraction of sp³-hybridized carbons (Fsp3) is 0.435. The maximum atomic E-state index is 6.18. The number of tetrazole rings is 1. The fourth-order valence-corrected chi connectivity index (χ4v) is 4.96. The number of anilines is 1. The van der Waals surface area contributed by atoms with Crippen molar-refractivity contribution in [3.8, 4) is 0 Å². The molecule has 2 aromatic carbocycles. The maximum Gasteiger partial charge on any atom is 0.173 e. The number of aromatic nitrogens is 4. The van der Waals surface area contributed by atoms with Crippen LogP contribution in [0.5, 0.6) is 0 Å². The van der Waals surface area contributed by atoms with Gasteiger partial charge < -0.3 is 4.90 Å². The lowest BCUT2D eigenvalue weighted by atomic mass is 10.0. The minimum atomic E-state index is 0.0378. The van der Waals surface area contributed by atoms with Crippen LogP contribution in [0.25, 0.3) is 0 Å². The largest absolute Gasteiger partial charge is 0.369 e. The van der Waals surface area contributed by atoms with Crippen molar-refractivity contribution in [2.75, 3.05) is 31.1 Å². The molecule has 2 aliphatic rings. The average molecular weight is 423 g/mol. The Labute approximate surface area is 182 Å². The SMILES string of the molecule is Clc1ccc([C@H](c2nnnn2C2CCCC2)N2CCN(c3ccccc3)CC2)cc1. The molecular weight excluding hydrogens is 396 g/mol. The molecule has 1 atom stereocenters. The molecule has 6 nitrogen and oxygen atoms in total. The molecule has 7 heteroatoms. The number of nitrogens with zero attached hydrogens (tertiary/aromatic N) is 6. The highest BCUT2D eigenvalue weighted by Gasteiger charge is 2.33. The molecule has 5 rings (SSSR count). The second-order valence-electron chi connectivity index (χ2n) is 8.23. The van der Waals surface area contributed by atoms with Crippen LogP contribution in [0.3, 0.4) is 0 Å². The summed E-state index contributed by atoms with van der Waals surface area (Å²) in [5.74, 6) is 0.956. The van der Waals surface area contributed by atoms with Crippen LogP contribution < -0.4 is 4.90 Å². The molecule has 1 aliphatic carbocycles. The predicted octanol–water partition coefficient (Wildman–Crippen LogP) is 4.35. The summed E-state index contributed by atoms with van der Waals surface area (Å²) in [6, 6.07) is 19.3. The van der Waals surface area contributed by atoms with Gasteiger partial charge in [-0.2, -0.15) is 0 Å². The van der Waals surface area contributed by atoms with Crippen LogP contribution in [0, 0.1) is 0 Å². The van der Waals surface area contributed by atoms with Crippen LogP contribution >= 0.6 is 11.6 Å². The van der Waals surface area contributed by atoms with Crippen molar-refractivity contribution in [1.29, 1.82) is 0 Å². The zero-order valence-corrected chi connectivity index (χ0v) is 17.8. The molecule has 0 spiro atoms. The molecule has 156 valence electrons. The van der Waals surface area contributed by atoms with E-state index in [0.717, 1.165) is 49.9 Å². The first-order chi connectivity index (χ1) is 14.8. The Morgan fingerprint density at radius 3 is 2.27 bits per heavy atom. The average Bonchev–Trinajstić information content (AvgIpc) is 3.48.